The standard InChI is InChI=1S/C11H10N4O5/c1-20-9-3-7(2-8(4-9)15(18)19)5-14-6-10(11(16)17)12-13-14/h2-4,6H,5H2,1H3,(H,16,17). The van der Waals surface area contributed by atoms with E-state index in [2.05, 4.69) is 10.3 Å². The van der Waals surface area contributed by atoms with E-state index in [1.54, 1.807) is 6.07 Å². The predicted molar refractivity (Wildman–Crippen MR) is 65.7 cm³/mol. The predicted octanol–water partition coefficient (Wildman–Crippen LogP) is 0.941. The van der Waals surface area contributed by atoms with Gasteiger partial charge in [-0.25, -0.2) is 9.48 Å². The Kier molecular flexibility index (Phi) is 3.60. The van der Waals surface area contributed by atoms with Gasteiger partial charge in [-0.05, 0) is 11.6 Å². The summed E-state index contributed by atoms with van der Waals surface area (Å²) in [6, 6.07) is 4.27. The van der Waals surface area contributed by atoms with Crippen molar-refractivity contribution >= 4 is 11.7 Å². The minimum absolute atomic E-state index is 0.113. The number of carboxylic acid groups (broad SMARTS) is 1. The first-order valence-electron chi connectivity index (χ1n) is 5.45. The van der Waals surface area contributed by atoms with E-state index in [1.807, 2.05) is 0 Å². The fraction of sp³-hybridized carbons (Fsp3) is 0.182. The number of nitro groups is 1. The second kappa shape index (κ2) is 5.34. The fourth-order valence-electron chi connectivity index (χ4n) is 1.62. The van der Waals surface area contributed by atoms with E-state index in [1.165, 1.54) is 30.1 Å². The highest BCUT2D eigenvalue weighted by Crippen LogP contribution is 2.23. The van der Waals surface area contributed by atoms with Crippen LogP contribution in [0.4, 0.5) is 5.69 Å². The number of methoxy groups -OCH3 is 1. The number of nitrogens with zero attached hydrogens (tertiary/aromatic N) is 4. The molecule has 0 saturated heterocycles. The Bertz CT molecular complexity index is 667. The van der Waals surface area contributed by atoms with Crippen molar-refractivity contribution in [3.8, 4) is 5.75 Å². The Morgan fingerprint density at radius 2 is 2.25 bits per heavy atom. The molecule has 1 aromatic carbocycles. The summed E-state index contributed by atoms with van der Waals surface area (Å²) in [6.45, 7) is 0.151. The van der Waals surface area contributed by atoms with Gasteiger partial charge >= 0.3 is 5.97 Å². The van der Waals surface area contributed by atoms with Gasteiger partial charge in [0.1, 0.15) is 5.75 Å². The van der Waals surface area contributed by atoms with Crippen LogP contribution in [-0.2, 0) is 6.54 Å². The van der Waals surface area contributed by atoms with E-state index in [9.17, 15) is 14.9 Å². The van der Waals surface area contributed by atoms with Gasteiger partial charge in [-0.2, -0.15) is 0 Å². The summed E-state index contributed by atoms with van der Waals surface area (Å²) in [6.07, 6.45) is 1.24. The number of ether oxygens (including phenoxy) is 1. The van der Waals surface area contributed by atoms with Crippen molar-refractivity contribution in [2.45, 2.75) is 6.54 Å². The molecule has 1 aromatic heterocycles. The van der Waals surface area contributed by atoms with E-state index in [0.717, 1.165) is 0 Å². The molecule has 0 bridgehead atoms. The minimum Gasteiger partial charge on any atom is -0.496 e. The van der Waals surface area contributed by atoms with Crippen molar-refractivity contribution in [1.29, 1.82) is 0 Å². The molecule has 0 amide bonds. The molecule has 0 saturated carbocycles. The molecule has 0 radical (unpaired) electrons. The van der Waals surface area contributed by atoms with Crippen LogP contribution in [0.3, 0.4) is 0 Å². The van der Waals surface area contributed by atoms with Crippen molar-refractivity contribution < 1.29 is 19.6 Å². The third-order valence-electron chi connectivity index (χ3n) is 2.50. The number of carboxylic acids is 1. The largest absolute Gasteiger partial charge is 0.496 e. The Morgan fingerprint density at radius 3 is 2.80 bits per heavy atom. The lowest BCUT2D eigenvalue weighted by Crippen LogP contribution is -2.02. The third-order valence-corrected chi connectivity index (χ3v) is 2.50. The molecule has 20 heavy (non-hydrogen) atoms. The fourth-order valence-corrected chi connectivity index (χ4v) is 1.62. The molecule has 2 aromatic rings. The van der Waals surface area contributed by atoms with Gasteiger partial charge in [0, 0.05) is 6.07 Å². The first-order valence-corrected chi connectivity index (χ1v) is 5.45. The Morgan fingerprint density at radius 1 is 1.50 bits per heavy atom. The lowest BCUT2D eigenvalue weighted by Gasteiger charge is -2.04. The molecule has 104 valence electrons. The molecule has 0 spiro atoms. The second-order valence-corrected chi connectivity index (χ2v) is 3.90. The highest BCUT2D eigenvalue weighted by molar-refractivity contribution is 5.84. The van der Waals surface area contributed by atoms with Gasteiger partial charge < -0.3 is 9.84 Å². The maximum absolute atomic E-state index is 10.8. The van der Waals surface area contributed by atoms with Crippen LogP contribution in [-0.4, -0.2) is 38.1 Å². The number of aromatic carboxylic acids is 1. The molecule has 2 rings (SSSR count). The van der Waals surface area contributed by atoms with Crippen molar-refractivity contribution in [2.24, 2.45) is 0 Å². The van der Waals surface area contributed by atoms with Gasteiger partial charge in [-0.3, -0.25) is 10.1 Å². The number of hydrogen-bond acceptors (Lipinski definition) is 6. The maximum Gasteiger partial charge on any atom is 0.358 e. The van der Waals surface area contributed by atoms with Crippen molar-refractivity contribution in [2.75, 3.05) is 7.11 Å². The molecule has 0 unspecified atom stereocenters. The third kappa shape index (κ3) is 2.88. The first kappa shape index (κ1) is 13.5. The Labute approximate surface area is 112 Å². The normalized spacial score (nSPS) is 10.2. The van der Waals surface area contributed by atoms with Gasteiger partial charge in [-0.1, -0.05) is 5.21 Å². The Hall–Kier alpha value is -2.97. The Balaban J connectivity index is 2.29. The van der Waals surface area contributed by atoms with E-state index >= 15 is 0 Å². The number of non-ortho nitro benzene ring substituents is 1. The van der Waals surface area contributed by atoms with Gasteiger partial charge in [0.05, 0.1) is 30.8 Å². The SMILES string of the molecule is COc1cc(Cn2cc(C(=O)O)nn2)cc([N+](=O)[O-])c1. The summed E-state index contributed by atoms with van der Waals surface area (Å²) >= 11 is 0. The molecule has 0 atom stereocenters. The molecule has 9 heteroatoms. The molecular formula is C11H10N4O5. The molecule has 1 N–H and O–H groups in total. The monoisotopic (exact) mass is 278 g/mol. The summed E-state index contributed by atoms with van der Waals surface area (Å²) in [5, 5.41) is 26.6. The van der Waals surface area contributed by atoms with Crippen LogP contribution < -0.4 is 4.74 Å². The van der Waals surface area contributed by atoms with Gasteiger partial charge in [-0.15, -0.1) is 5.10 Å². The number of aromatic nitrogens is 3. The van der Waals surface area contributed by atoms with Crippen molar-refractivity contribution in [3.63, 3.8) is 0 Å². The summed E-state index contributed by atoms with van der Waals surface area (Å²) < 4.78 is 6.26. The van der Waals surface area contributed by atoms with Crippen LogP contribution >= 0.6 is 0 Å². The lowest BCUT2D eigenvalue weighted by molar-refractivity contribution is -0.385. The quantitative estimate of drug-likeness (QED) is 0.638. The maximum atomic E-state index is 10.8. The zero-order valence-electron chi connectivity index (χ0n) is 10.4. The number of benzene rings is 1. The van der Waals surface area contributed by atoms with Crippen molar-refractivity contribution in [1.82, 2.24) is 15.0 Å². The van der Waals surface area contributed by atoms with Crippen LogP contribution in [0.5, 0.6) is 5.75 Å². The molecule has 0 fully saturated rings. The number of hydrogen-bond donors (Lipinski definition) is 1. The van der Waals surface area contributed by atoms with E-state index in [-0.39, 0.29) is 17.9 Å². The summed E-state index contributed by atoms with van der Waals surface area (Å²) in [4.78, 5) is 21.0. The topological polar surface area (TPSA) is 120 Å². The highest BCUT2D eigenvalue weighted by Gasteiger charge is 2.12. The van der Waals surface area contributed by atoms with E-state index < -0.39 is 10.9 Å². The summed E-state index contributed by atoms with van der Waals surface area (Å²) in [5.74, 6) is -0.847. The van der Waals surface area contributed by atoms with Gasteiger partial charge in [0.2, 0.25) is 0 Å². The highest BCUT2D eigenvalue weighted by atomic mass is 16.6. The van der Waals surface area contributed by atoms with Crippen LogP contribution in [0.2, 0.25) is 0 Å². The summed E-state index contributed by atoms with van der Waals surface area (Å²) in [5.41, 5.74) is 0.248. The summed E-state index contributed by atoms with van der Waals surface area (Å²) in [7, 11) is 1.40. The minimum atomic E-state index is -1.19. The van der Waals surface area contributed by atoms with Crippen LogP contribution in [0, 0.1) is 10.1 Å². The molecule has 0 aliphatic carbocycles. The van der Waals surface area contributed by atoms with Gasteiger partial charge in [0.25, 0.3) is 5.69 Å². The molecule has 0 aliphatic rings. The molecule has 1 heterocycles. The molecule has 9 nitrogen and oxygen atoms in total. The number of carbonyl (C=O) groups is 1. The van der Waals surface area contributed by atoms with Crippen molar-refractivity contribution in [3.05, 3.63) is 45.8 Å². The number of rotatable bonds is 5. The van der Waals surface area contributed by atoms with E-state index in [0.29, 0.717) is 11.3 Å². The van der Waals surface area contributed by atoms with E-state index in [4.69, 9.17) is 9.84 Å². The second-order valence-electron chi connectivity index (χ2n) is 3.90. The van der Waals surface area contributed by atoms with Crippen LogP contribution in [0.15, 0.2) is 24.4 Å². The average Bonchev–Trinajstić information content (AvgIpc) is 2.87. The lowest BCUT2D eigenvalue weighted by atomic mass is 10.2. The van der Waals surface area contributed by atoms with Crippen LogP contribution in [0.1, 0.15) is 16.1 Å². The first-order chi connectivity index (χ1) is 9.49. The van der Waals surface area contributed by atoms with Crippen LogP contribution in [0.25, 0.3) is 0 Å². The molecular weight excluding hydrogens is 268 g/mol. The molecule has 0 aliphatic heterocycles. The average molecular weight is 278 g/mol. The number of nitro benzene ring substituents is 1. The van der Waals surface area contributed by atoms with Gasteiger partial charge in [0.15, 0.2) is 5.69 Å². The zero-order chi connectivity index (χ0) is 14.7. The zero-order valence-corrected chi connectivity index (χ0v) is 10.4. The smallest absolute Gasteiger partial charge is 0.358 e.